The van der Waals surface area contributed by atoms with Gasteiger partial charge >= 0.3 is 0 Å². The van der Waals surface area contributed by atoms with Gasteiger partial charge in [0.1, 0.15) is 5.82 Å². The Morgan fingerprint density at radius 1 is 1.29 bits per heavy atom. The zero-order valence-corrected chi connectivity index (χ0v) is 11.9. The second kappa shape index (κ2) is 5.07. The number of pyridine rings is 1. The molecule has 0 aliphatic rings. The monoisotopic (exact) mass is 310 g/mol. The second-order valence-electron chi connectivity index (χ2n) is 3.86. The van der Waals surface area contributed by atoms with Gasteiger partial charge in [-0.1, -0.05) is 17.7 Å². The fourth-order valence-electron chi connectivity index (χ4n) is 1.54. The Labute approximate surface area is 114 Å². The fourth-order valence-corrected chi connectivity index (χ4v) is 2.16. The topological polar surface area (TPSA) is 24.9 Å². The molecule has 2 rings (SSSR count). The van der Waals surface area contributed by atoms with Gasteiger partial charge in [0, 0.05) is 21.4 Å². The van der Waals surface area contributed by atoms with Crippen LogP contribution >= 0.6 is 27.5 Å². The van der Waals surface area contributed by atoms with Gasteiger partial charge in [0.15, 0.2) is 0 Å². The van der Waals surface area contributed by atoms with Crippen LogP contribution in [0.4, 0.5) is 11.5 Å². The number of benzene rings is 1. The zero-order valence-electron chi connectivity index (χ0n) is 9.59. The van der Waals surface area contributed by atoms with Gasteiger partial charge in [0.25, 0.3) is 0 Å². The number of nitrogens with zero attached hydrogens (tertiary/aromatic N) is 1. The first-order chi connectivity index (χ1) is 8.08. The molecule has 0 aliphatic heterocycles. The van der Waals surface area contributed by atoms with Crippen LogP contribution in [0.5, 0.6) is 0 Å². The Bertz CT molecular complexity index is 555. The Balaban J connectivity index is 2.35. The van der Waals surface area contributed by atoms with Crippen LogP contribution in [-0.2, 0) is 0 Å². The van der Waals surface area contributed by atoms with Crippen LogP contribution in [0.2, 0.25) is 5.02 Å². The van der Waals surface area contributed by atoms with E-state index in [-0.39, 0.29) is 0 Å². The van der Waals surface area contributed by atoms with Crippen molar-refractivity contribution in [1.29, 1.82) is 0 Å². The molecule has 1 aromatic carbocycles. The highest BCUT2D eigenvalue weighted by molar-refractivity contribution is 9.10. The smallest absolute Gasteiger partial charge is 0.133 e. The van der Waals surface area contributed by atoms with E-state index in [0.29, 0.717) is 0 Å². The van der Waals surface area contributed by atoms with Gasteiger partial charge in [-0.3, -0.25) is 0 Å². The summed E-state index contributed by atoms with van der Waals surface area (Å²) in [6.45, 7) is 4.00. The van der Waals surface area contributed by atoms with E-state index in [1.54, 1.807) is 6.20 Å². The summed E-state index contributed by atoms with van der Waals surface area (Å²) in [6, 6.07) is 7.81. The number of aromatic nitrogens is 1. The largest absolute Gasteiger partial charge is 0.340 e. The number of nitrogens with one attached hydrogen (secondary N) is 1. The van der Waals surface area contributed by atoms with Crippen LogP contribution in [0.15, 0.2) is 34.9 Å². The highest BCUT2D eigenvalue weighted by atomic mass is 79.9. The third-order valence-electron chi connectivity index (χ3n) is 2.57. The van der Waals surface area contributed by atoms with Crippen molar-refractivity contribution in [2.75, 3.05) is 5.32 Å². The Morgan fingerprint density at radius 3 is 2.76 bits per heavy atom. The first-order valence-electron chi connectivity index (χ1n) is 5.22. The molecule has 0 radical (unpaired) electrons. The molecule has 0 spiro atoms. The lowest BCUT2D eigenvalue weighted by Gasteiger charge is -2.11. The van der Waals surface area contributed by atoms with Gasteiger partial charge in [-0.25, -0.2) is 4.98 Å². The maximum Gasteiger partial charge on any atom is 0.133 e. The summed E-state index contributed by atoms with van der Waals surface area (Å²) in [4.78, 5) is 4.34. The van der Waals surface area contributed by atoms with E-state index < -0.39 is 0 Å². The standard InChI is InChI=1S/C13H12BrClN2/c1-8-6-10(14)7-16-13(8)17-12-5-3-4-11(15)9(12)2/h3-7H,1-2H3,(H,16,17). The number of hydrogen-bond acceptors (Lipinski definition) is 2. The Morgan fingerprint density at radius 2 is 2.06 bits per heavy atom. The molecular formula is C13H12BrClN2. The molecule has 1 aromatic heterocycles. The average molecular weight is 312 g/mol. The third kappa shape index (κ3) is 2.79. The molecule has 0 aliphatic carbocycles. The zero-order chi connectivity index (χ0) is 12.4. The quantitative estimate of drug-likeness (QED) is 0.857. The lowest BCUT2D eigenvalue weighted by molar-refractivity contribution is 1.23. The van der Waals surface area contributed by atoms with Crippen molar-refractivity contribution in [3.8, 4) is 0 Å². The number of aryl methyl sites for hydroxylation is 1. The number of hydrogen-bond donors (Lipinski definition) is 1. The van der Waals surface area contributed by atoms with Crippen molar-refractivity contribution < 1.29 is 0 Å². The summed E-state index contributed by atoms with van der Waals surface area (Å²) in [6.07, 6.45) is 1.77. The predicted octanol–water partition coefficient (Wildman–Crippen LogP) is 4.86. The van der Waals surface area contributed by atoms with E-state index in [0.717, 1.165) is 32.1 Å². The maximum atomic E-state index is 6.08. The van der Waals surface area contributed by atoms with Crippen LogP contribution in [0.1, 0.15) is 11.1 Å². The molecule has 1 heterocycles. The average Bonchev–Trinajstić information content (AvgIpc) is 2.28. The van der Waals surface area contributed by atoms with Crippen LogP contribution in [0.3, 0.4) is 0 Å². The Kier molecular flexibility index (Phi) is 3.69. The van der Waals surface area contributed by atoms with E-state index in [9.17, 15) is 0 Å². The van der Waals surface area contributed by atoms with E-state index in [1.165, 1.54) is 0 Å². The van der Waals surface area contributed by atoms with Crippen molar-refractivity contribution in [3.05, 3.63) is 51.1 Å². The van der Waals surface area contributed by atoms with Gasteiger partial charge in [-0.05, 0) is 59.1 Å². The second-order valence-corrected chi connectivity index (χ2v) is 5.18. The molecule has 0 atom stereocenters. The molecule has 0 saturated heterocycles. The lowest BCUT2D eigenvalue weighted by atomic mass is 10.2. The molecule has 0 bridgehead atoms. The van der Waals surface area contributed by atoms with Crippen LogP contribution in [0.25, 0.3) is 0 Å². The van der Waals surface area contributed by atoms with Crippen LogP contribution in [0, 0.1) is 13.8 Å². The SMILES string of the molecule is Cc1cc(Br)cnc1Nc1cccc(Cl)c1C. The lowest BCUT2D eigenvalue weighted by Crippen LogP contribution is -1.98. The molecule has 17 heavy (non-hydrogen) atoms. The third-order valence-corrected chi connectivity index (χ3v) is 3.41. The molecule has 0 unspecified atom stereocenters. The minimum atomic E-state index is 0.754. The summed E-state index contributed by atoms with van der Waals surface area (Å²) in [5.74, 6) is 0.846. The van der Waals surface area contributed by atoms with Crippen molar-refractivity contribution in [2.24, 2.45) is 0 Å². The minimum absolute atomic E-state index is 0.754. The summed E-state index contributed by atoms with van der Waals surface area (Å²) in [5.41, 5.74) is 3.09. The van der Waals surface area contributed by atoms with Gasteiger partial charge in [-0.15, -0.1) is 0 Å². The van der Waals surface area contributed by atoms with Gasteiger partial charge in [0.2, 0.25) is 0 Å². The molecule has 2 aromatic rings. The van der Waals surface area contributed by atoms with E-state index in [1.807, 2.05) is 38.1 Å². The summed E-state index contributed by atoms with van der Waals surface area (Å²) < 4.78 is 0.975. The minimum Gasteiger partial charge on any atom is -0.340 e. The molecule has 1 N–H and O–H groups in total. The summed E-state index contributed by atoms with van der Waals surface area (Å²) in [7, 11) is 0. The molecule has 0 saturated carbocycles. The van der Waals surface area contributed by atoms with Crippen molar-refractivity contribution in [1.82, 2.24) is 4.98 Å². The van der Waals surface area contributed by atoms with Crippen LogP contribution in [-0.4, -0.2) is 4.98 Å². The van der Waals surface area contributed by atoms with Crippen molar-refractivity contribution in [3.63, 3.8) is 0 Å². The normalized spacial score (nSPS) is 10.4. The molecule has 0 fully saturated rings. The molecule has 4 heteroatoms. The highest BCUT2D eigenvalue weighted by Gasteiger charge is 2.05. The van der Waals surface area contributed by atoms with E-state index in [4.69, 9.17) is 11.6 Å². The number of halogens is 2. The maximum absolute atomic E-state index is 6.08. The van der Waals surface area contributed by atoms with Gasteiger partial charge in [-0.2, -0.15) is 0 Å². The molecule has 88 valence electrons. The number of rotatable bonds is 2. The van der Waals surface area contributed by atoms with E-state index in [2.05, 4.69) is 26.2 Å². The number of anilines is 2. The first kappa shape index (κ1) is 12.4. The van der Waals surface area contributed by atoms with E-state index >= 15 is 0 Å². The Hall–Kier alpha value is -1.06. The highest BCUT2D eigenvalue weighted by Crippen LogP contribution is 2.27. The molecule has 0 amide bonds. The van der Waals surface area contributed by atoms with Crippen molar-refractivity contribution >= 4 is 39.0 Å². The van der Waals surface area contributed by atoms with Gasteiger partial charge in [0.05, 0.1) is 0 Å². The van der Waals surface area contributed by atoms with Crippen molar-refractivity contribution in [2.45, 2.75) is 13.8 Å². The molecule has 2 nitrogen and oxygen atoms in total. The summed E-state index contributed by atoms with van der Waals surface area (Å²) in [5, 5.41) is 4.05. The fraction of sp³-hybridized carbons (Fsp3) is 0.154. The van der Waals surface area contributed by atoms with Gasteiger partial charge < -0.3 is 5.32 Å². The first-order valence-corrected chi connectivity index (χ1v) is 6.39. The molecular weight excluding hydrogens is 300 g/mol. The predicted molar refractivity (Wildman–Crippen MR) is 76.1 cm³/mol. The van der Waals surface area contributed by atoms with Crippen LogP contribution < -0.4 is 5.32 Å². The summed E-state index contributed by atoms with van der Waals surface area (Å²) >= 11 is 9.47.